The fraction of sp³-hybridized carbons (Fsp3) is 0.333. The molecule has 1 fully saturated rings. The smallest absolute Gasteiger partial charge is 0.191 e. The van der Waals surface area contributed by atoms with Crippen LogP contribution in [0.4, 0.5) is 0 Å². The van der Waals surface area contributed by atoms with Crippen molar-refractivity contribution in [2.45, 2.75) is 18.4 Å². The molecule has 1 aliphatic carbocycles. The third kappa shape index (κ3) is 0.934. The number of ketones is 2. The lowest BCUT2D eigenvalue weighted by Gasteiger charge is -2.18. The summed E-state index contributed by atoms with van der Waals surface area (Å²) in [5, 5.41) is 3.08. The first-order valence-corrected chi connectivity index (χ1v) is 5.19. The van der Waals surface area contributed by atoms with Crippen LogP contribution in [0.15, 0.2) is 24.3 Å². The molecule has 0 unspecified atom stereocenters. The summed E-state index contributed by atoms with van der Waals surface area (Å²) in [6.07, 6.45) is 1.53. The maximum atomic E-state index is 12.1. The average Bonchev–Trinajstić information content (AvgIpc) is 2.83. The van der Waals surface area contributed by atoms with Gasteiger partial charge in [0, 0.05) is 11.1 Å². The fourth-order valence-electron chi connectivity index (χ4n) is 2.57. The first-order chi connectivity index (χ1) is 7.26. The van der Waals surface area contributed by atoms with E-state index in [0.29, 0.717) is 17.5 Å². The van der Waals surface area contributed by atoms with Gasteiger partial charge in [0.2, 0.25) is 0 Å². The van der Waals surface area contributed by atoms with Crippen molar-refractivity contribution >= 4 is 11.6 Å². The van der Waals surface area contributed by atoms with Crippen molar-refractivity contribution in [3.8, 4) is 0 Å². The van der Waals surface area contributed by atoms with E-state index >= 15 is 0 Å². The first-order valence-electron chi connectivity index (χ1n) is 5.19. The highest BCUT2D eigenvalue weighted by Gasteiger charge is 2.53. The maximum absolute atomic E-state index is 12.1. The predicted octanol–water partition coefficient (Wildman–Crippen LogP) is 1.19. The zero-order valence-corrected chi connectivity index (χ0v) is 8.25. The Balaban J connectivity index is 2.20. The quantitative estimate of drug-likeness (QED) is 0.641. The number of hydrogen-bond donors (Lipinski definition) is 1. The standard InChI is InChI=1S/C12H11NO2/c14-10-8-4-1-2-5-9(8)11(15)12(10)6-3-7-13-12/h1-2,4-5,13H,3,6-7H2. The van der Waals surface area contributed by atoms with Crippen molar-refractivity contribution < 1.29 is 9.59 Å². The van der Waals surface area contributed by atoms with Gasteiger partial charge in [-0.15, -0.1) is 0 Å². The number of carbonyl (C=O) groups is 2. The number of fused-ring (bicyclic) bond motifs is 1. The number of hydrogen-bond acceptors (Lipinski definition) is 3. The molecule has 3 nitrogen and oxygen atoms in total. The van der Waals surface area contributed by atoms with E-state index in [1.165, 1.54) is 0 Å². The molecule has 1 N–H and O–H groups in total. The highest BCUT2D eigenvalue weighted by atomic mass is 16.2. The molecule has 0 radical (unpaired) electrons. The van der Waals surface area contributed by atoms with Crippen LogP contribution in [0, 0.1) is 0 Å². The van der Waals surface area contributed by atoms with Gasteiger partial charge in [-0.3, -0.25) is 14.9 Å². The van der Waals surface area contributed by atoms with Crippen LogP contribution in [0.3, 0.4) is 0 Å². The molecular weight excluding hydrogens is 190 g/mol. The molecule has 15 heavy (non-hydrogen) atoms. The Hall–Kier alpha value is -1.48. The largest absolute Gasteiger partial charge is 0.298 e. The van der Waals surface area contributed by atoms with Gasteiger partial charge in [-0.05, 0) is 19.4 Å². The Bertz CT molecular complexity index is 421. The van der Waals surface area contributed by atoms with E-state index in [9.17, 15) is 9.59 Å². The summed E-state index contributed by atoms with van der Waals surface area (Å²) < 4.78 is 0. The number of rotatable bonds is 0. The lowest BCUT2D eigenvalue weighted by Crippen LogP contribution is -2.49. The van der Waals surface area contributed by atoms with Gasteiger partial charge in [-0.1, -0.05) is 24.3 Å². The summed E-state index contributed by atoms with van der Waals surface area (Å²) in [6, 6.07) is 7.09. The Morgan fingerprint density at radius 3 is 2.13 bits per heavy atom. The lowest BCUT2D eigenvalue weighted by molar-refractivity contribution is 0.0779. The van der Waals surface area contributed by atoms with Crippen LogP contribution in [0.5, 0.6) is 0 Å². The van der Waals surface area contributed by atoms with Crippen LogP contribution in [0.25, 0.3) is 0 Å². The van der Waals surface area contributed by atoms with Crippen molar-refractivity contribution in [3.63, 3.8) is 0 Å². The molecule has 0 amide bonds. The van der Waals surface area contributed by atoms with Crippen molar-refractivity contribution in [3.05, 3.63) is 35.4 Å². The summed E-state index contributed by atoms with van der Waals surface area (Å²) in [4.78, 5) is 24.3. The summed E-state index contributed by atoms with van der Waals surface area (Å²) in [6.45, 7) is 0.755. The van der Waals surface area contributed by atoms with Crippen molar-refractivity contribution in [2.24, 2.45) is 0 Å². The highest BCUT2D eigenvalue weighted by molar-refractivity contribution is 6.33. The van der Waals surface area contributed by atoms with Crippen molar-refractivity contribution in [1.29, 1.82) is 0 Å². The van der Waals surface area contributed by atoms with Gasteiger partial charge in [0.15, 0.2) is 11.6 Å². The summed E-state index contributed by atoms with van der Waals surface area (Å²) >= 11 is 0. The molecule has 3 rings (SSSR count). The Kier molecular flexibility index (Phi) is 1.62. The molecule has 76 valence electrons. The van der Waals surface area contributed by atoms with E-state index in [2.05, 4.69) is 5.32 Å². The normalized spacial score (nSPS) is 22.4. The van der Waals surface area contributed by atoms with Crippen LogP contribution in [-0.4, -0.2) is 23.7 Å². The van der Waals surface area contributed by atoms with Gasteiger partial charge in [0.1, 0.15) is 5.54 Å². The third-order valence-electron chi connectivity index (χ3n) is 3.35. The van der Waals surface area contributed by atoms with Gasteiger partial charge in [0.25, 0.3) is 0 Å². The predicted molar refractivity (Wildman–Crippen MR) is 55.1 cm³/mol. The van der Waals surface area contributed by atoms with E-state index in [1.807, 2.05) is 0 Å². The van der Waals surface area contributed by atoms with Gasteiger partial charge >= 0.3 is 0 Å². The van der Waals surface area contributed by atoms with Crippen LogP contribution < -0.4 is 5.32 Å². The number of Topliss-reactive ketones (excluding diaryl/α,β-unsaturated/α-hetero) is 2. The highest BCUT2D eigenvalue weighted by Crippen LogP contribution is 2.35. The van der Waals surface area contributed by atoms with E-state index in [-0.39, 0.29) is 11.6 Å². The van der Waals surface area contributed by atoms with E-state index in [4.69, 9.17) is 0 Å². The number of benzene rings is 1. The molecule has 1 heterocycles. The Morgan fingerprint density at radius 2 is 1.67 bits per heavy atom. The fourth-order valence-corrected chi connectivity index (χ4v) is 2.57. The molecule has 1 aliphatic heterocycles. The Labute approximate surface area is 87.5 Å². The second-order valence-electron chi connectivity index (χ2n) is 4.14. The molecule has 3 heteroatoms. The van der Waals surface area contributed by atoms with Gasteiger partial charge in [-0.25, -0.2) is 0 Å². The summed E-state index contributed by atoms with van der Waals surface area (Å²) in [7, 11) is 0. The monoisotopic (exact) mass is 201 g/mol. The van der Waals surface area contributed by atoms with Crippen molar-refractivity contribution in [2.75, 3.05) is 6.54 Å². The second-order valence-corrected chi connectivity index (χ2v) is 4.14. The van der Waals surface area contributed by atoms with Crippen LogP contribution in [0.2, 0.25) is 0 Å². The summed E-state index contributed by atoms with van der Waals surface area (Å²) in [5.74, 6) is -0.0822. The molecule has 0 atom stereocenters. The molecule has 2 aliphatic rings. The zero-order chi connectivity index (χ0) is 10.5. The minimum absolute atomic E-state index is 0.0411. The molecule has 0 aromatic heterocycles. The molecule has 1 spiro atoms. The average molecular weight is 201 g/mol. The minimum atomic E-state index is -0.913. The van der Waals surface area contributed by atoms with Crippen LogP contribution >= 0.6 is 0 Å². The molecule has 0 saturated carbocycles. The van der Waals surface area contributed by atoms with E-state index in [0.717, 1.165) is 13.0 Å². The lowest BCUT2D eigenvalue weighted by atomic mass is 9.92. The minimum Gasteiger partial charge on any atom is -0.298 e. The zero-order valence-electron chi connectivity index (χ0n) is 8.25. The summed E-state index contributed by atoms with van der Waals surface area (Å²) in [5.41, 5.74) is 0.248. The van der Waals surface area contributed by atoms with E-state index < -0.39 is 5.54 Å². The molecule has 0 bridgehead atoms. The van der Waals surface area contributed by atoms with E-state index in [1.54, 1.807) is 24.3 Å². The third-order valence-corrected chi connectivity index (χ3v) is 3.35. The first kappa shape index (κ1) is 8.80. The molecular formula is C12H11NO2. The van der Waals surface area contributed by atoms with Gasteiger partial charge < -0.3 is 0 Å². The SMILES string of the molecule is O=C1c2ccccc2C(=O)C12CCCN2. The van der Waals surface area contributed by atoms with Crippen LogP contribution in [-0.2, 0) is 0 Å². The molecule has 1 aromatic rings. The van der Waals surface area contributed by atoms with Crippen molar-refractivity contribution in [1.82, 2.24) is 5.32 Å². The maximum Gasteiger partial charge on any atom is 0.191 e. The van der Waals surface area contributed by atoms with Crippen LogP contribution in [0.1, 0.15) is 33.6 Å². The number of carbonyl (C=O) groups excluding carboxylic acids is 2. The van der Waals surface area contributed by atoms with Gasteiger partial charge in [-0.2, -0.15) is 0 Å². The Morgan fingerprint density at radius 1 is 1.07 bits per heavy atom. The molecule has 1 saturated heterocycles. The topological polar surface area (TPSA) is 46.2 Å². The second kappa shape index (κ2) is 2.76. The number of nitrogens with one attached hydrogen (secondary N) is 1. The molecule has 1 aromatic carbocycles. The van der Waals surface area contributed by atoms with Gasteiger partial charge in [0.05, 0.1) is 0 Å².